The molecular formula is C17H30. The van der Waals surface area contributed by atoms with Crippen molar-refractivity contribution in [1.82, 2.24) is 0 Å². The van der Waals surface area contributed by atoms with Gasteiger partial charge in [0.25, 0.3) is 0 Å². The van der Waals surface area contributed by atoms with Crippen molar-refractivity contribution in [2.45, 2.75) is 84.5 Å². The van der Waals surface area contributed by atoms with Crippen molar-refractivity contribution in [2.24, 2.45) is 0 Å². The van der Waals surface area contributed by atoms with E-state index in [-0.39, 0.29) is 0 Å². The summed E-state index contributed by atoms with van der Waals surface area (Å²) in [4.78, 5) is 0. The van der Waals surface area contributed by atoms with Crippen LogP contribution in [-0.4, -0.2) is 0 Å². The van der Waals surface area contributed by atoms with Crippen LogP contribution in [-0.2, 0) is 0 Å². The lowest BCUT2D eigenvalue weighted by Gasteiger charge is -2.12. The molecule has 0 spiro atoms. The van der Waals surface area contributed by atoms with Gasteiger partial charge in [-0.05, 0) is 37.7 Å². The van der Waals surface area contributed by atoms with Crippen LogP contribution in [0.1, 0.15) is 84.5 Å². The molecular weight excluding hydrogens is 204 g/mol. The lowest BCUT2D eigenvalue weighted by molar-refractivity contribution is 0.624. The summed E-state index contributed by atoms with van der Waals surface area (Å²) >= 11 is 0. The minimum Gasteiger partial charge on any atom is -0.0802 e. The minimum absolute atomic E-state index is 1.26. The summed E-state index contributed by atoms with van der Waals surface area (Å²) in [5.74, 6) is 0. The highest BCUT2D eigenvalue weighted by Crippen LogP contribution is 2.31. The Morgan fingerprint density at radius 2 is 1.53 bits per heavy atom. The molecule has 0 saturated heterocycles. The van der Waals surface area contributed by atoms with E-state index in [1.54, 1.807) is 11.1 Å². The average Bonchev–Trinajstić information content (AvgIpc) is 2.84. The third-order valence-corrected chi connectivity index (χ3v) is 3.77. The zero-order valence-electron chi connectivity index (χ0n) is 11.9. The van der Waals surface area contributed by atoms with Crippen LogP contribution in [0, 0.1) is 0 Å². The lowest BCUT2D eigenvalue weighted by Crippen LogP contribution is -1.92. The molecule has 98 valence electrons. The van der Waals surface area contributed by atoms with Crippen LogP contribution in [0.25, 0.3) is 0 Å². The maximum atomic E-state index is 2.31. The number of hydrogen-bond donors (Lipinski definition) is 0. The highest BCUT2D eigenvalue weighted by molar-refractivity contribution is 5.34. The van der Waals surface area contributed by atoms with E-state index in [2.05, 4.69) is 26.0 Å². The molecule has 2 aliphatic rings. The van der Waals surface area contributed by atoms with E-state index < -0.39 is 0 Å². The Labute approximate surface area is 108 Å². The molecule has 0 aromatic heterocycles. The second-order valence-corrected chi connectivity index (χ2v) is 5.36. The smallest absolute Gasteiger partial charge is 0.0130 e. The molecule has 0 aromatic rings. The standard InChI is InChI=1S/C9H12.C8H18/c1-2-5-9-7-3-6-8(9)4-1;1-3-5-7-8-6-4-2/h3,6H,1-2,4-5,7H2;3-8H2,1-2H3. The number of allylic oxidation sites excluding steroid dienone is 4. The van der Waals surface area contributed by atoms with Crippen molar-refractivity contribution < 1.29 is 0 Å². The monoisotopic (exact) mass is 234 g/mol. The van der Waals surface area contributed by atoms with Crippen LogP contribution in [0.4, 0.5) is 0 Å². The van der Waals surface area contributed by atoms with E-state index in [0.717, 1.165) is 0 Å². The summed E-state index contributed by atoms with van der Waals surface area (Å²) in [5.41, 5.74) is 3.38. The topological polar surface area (TPSA) is 0 Å². The fourth-order valence-corrected chi connectivity index (χ4v) is 2.62. The van der Waals surface area contributed by atoms with E-state index >= 15 is 0 Å². The van der Waals surface area contributed by atoms with Crippen molar-refractivity contribution in [3.05, 3.63) is 23.3 Å². The Kier molecular flexibility index (Phi) is 8.13. The first-order valence-electron chi connectivity index (χ1n) is 7.76. The van der Waals surface area contributed by atoms with Crippen LogP contribution in [0.3, 0.4) is 0 Å². The quantitative estimate of drug-likeness (QED) is 0.498. The van der Waals surface area contributed by atoms with Gasteiger partial charge in [-0.3, -0.25) is 0 Å². The zero-order chi connectivity index (χ0) is 12.3. The average molecular weight is 234 g/mol. The maximum Gasteiger partial charge on any atom is -0.0130 e. The fourth-order valence-electron chi connectivity index (χ4n) is 2.62. The van der Waals surface area contributed by atoms with Gasteiger partial charge in [0.1, 0.15) is 0 Å². The molecule has 2 rings (SSSR count). The van der Waals surface area contributed by atoms with E-state index in [4.69, 9.17) is 0 Å². The van der Waals surface area contributed by atoms with Crippen LogP contribution >= 0.6 is 0 Å². The van der Waals surface area contributed by atoms with Gasteiger partial charge in [-0.15, -0.1) is 0 Å². The van der Waals surface area contributed by atoms with Gasteiger partial charge in [-0.25, -0.2) is 0 Å². The number of unbranched alkanes of at least 4 members (excludes halogenated alkanes) is 5. The molecule has 2 aliphatic carbocycles. The third-order valence-electron chi connectivity index (χ3n) is 3.77. The molecule has 0 bridgehead atoms. The second kappa shape index (κ2) is 9.50. The molecule has 0 N–H and O–H groups in total. The molecule has 0 atom stereocenters. The van der Waals surface area contributed by atoms with Gasteiger partial charge in [0.2, 0.25) is 0 Å². The van der Waals surface area contributed by atoms with Gasteiger partial charge in [0.05, 0.1) is 0 Å². The Hall–Kier alpha value is -0.520. The van der Waals surface area contributed by atoms with Crippen LogP contribution in [0.5, 0.6) is 0 Å². The summed E-state index contributed by atoms with van der Waals surface area (Å²) in [5, 5.41) is 0. The summed E-state index contributed by atoms with van der Waals surface area (Å²) in [6.07, 6.45) is 19.9. The molecule has 0 aliphatic heterocycles. The van der Waals surface area contributed by atoms with Gasteiger partial charge in [0, 0.05) is 0 Å². The highest BCUT2D eigenvalue weighted by Gasteiger charge is 2.12. The summed E-state index contributed by atoms with van der Waals surface area (Å²) < 4.78 is 0. The molecule has 0 fully saturated rings. The first-order valence-corrected chi connectivity index (χ1v) is 7.76. The van der Waals surface area contributed by atoms with Crippen molar-refractivity contribution in [3.63, 3.8) is 0 Å². The predicted molar refractivity (Wildman–Crippen MR) is 78.3 cm³/mol. The summed E-state index contributed by atoms with van der Waals surface area (Å²) in [7, 11) is 0. The molecule has 0 saturated carbocycles. The van der Waals surface area contributed by atoms with Gasteiger partial charge in [-0.1, -0.05) is 70.1 Å². The lowest BCUT2D eigenvalue weighted by atomic mass is 9.94. The summed E-state index contributed by atoms with van der Waals surface area (Å²) in [6.45, 7) is 4.51. The van der Waals surface area contributed by atoms with E-state index in [1.807, 2.05) is 0 Å². The Bertz CT molecular complexity index is 239. The molecule has 0 aromatic carbocycles. The first-order chi connectivity index (χ1) is 8.38. The molecule has 0 radical (unpaired) electrons. The molecule has 0 nitrogen and oxygen atoms in total. The molecule has 0 heterocycles. The molecule has 0 amide bonds. The predicted octanol–water partition coefficient (Wildman–Crippen LogP) is 6.18. The largest absolute Gasteiger partial charge is 0.0802 e. The second-order valence-electron chi connectivity index (χ2n) is 5.36. The normalized spacial score (nSPS) is 17.8. The van der Waals surface area contributed by atoms with E-state index in [1.165, 1.54) is 70.6 Å². The van der Waals surface area contributed by atoms with Gasteiger partial charge >= 0.3 is 0 Å². The molecule has 0 unspecified atom stereocenters. The van der Waals surface area contributed by atoms with Crippen molar-refractivity contribution in [3.8, 4) is 0 Å². The van der Waals surface area contributed by atoms with Crippen LogP contribution in [0.15, 0.2) is 23.3 Å². The van der Waals surface area contributed by atoms with Crippen LogP contribution in [0.2, 0.25) is 0 Å². The third kappa shape index (κ3) is 6.10. The first kappa shape index (κ1) is 14.5. The van der Waals surface area contributed by atoms with Crippen molar-refractivity contribution in [1.29, 1.82) is 0 Å². The Morgan fingerprint density at radius 3 is 2.12 bits per heavy atom. The summed E-state index contributed by atoms with van der Waals surface area (Å²) in [6, 6.07) is 0. The van der Waals surface area contributed by atoms with Crippen LogP contribution < -0.4 is 0 Å². The zero-order valence-corrected chi connectivity index (χ0v) is 11.9. The van der Waals surface area contributed by atoms with Gasteiger partial charge < -0.3 is 0 Å². The molecule has 17 heavy (non-hydrogen) atoms. The van der Waals surface area contributed by atoms with E-state index in [9.17, 15) is 0 Å². The van der Waals surface area contributed by atoms with Crippen molar-refractivity contribution >= 4 is 0 Å². The molecule has 0 heteroatoms. The maximum absolute atomic E-state index is 2.31. The SMILES string of the molecule is C1=CC2=C(C1)CCCC2.CCCCCCCC. The minimum atomic E-state index is 1.26. The van der Waals surface area contributed by atoms with E-state index in [0.29, 0.717) is 0 Å². The van der Waals surface area contributed by atoms with Gasteiger partial charge in [0.15, 0.2) is 0 Å². The van der Waals surface area contributed by atoms with Crippen molar-refractivity contribution in [2.75, 3.05) is 0 Å². The fraction of sp³-hybridized carbons (Fsp3) is 0.765. The number of rotatable bonds is 5. The number of hydrogen-bond acceptors (Lipinski definition) is 0. The Balaban J connectivity index is 0.000000172. The van der Waals surface area contributed by atoms with Gasteiger partial charge in [-0.2, -0.15) is 0 Å². The highest BCUT2D eigenvalue weighted by atomic mass is 14.2. The Morgan fingerprint density at radius 1 is 0.882 bits per heavy atom.